The highest BCUT2D eigenvalue weighted by molar-refractivity contribution is 6.00. The van der Waals surface area contributed by atoms with Gasteiger partial charge in [-0.2, -0.15) is 10.2 Å². The molecule has 0 radical (unpaired) electrons. The minimum absolute atomic E-state index is 0.304. The molecular weight excluding hydrogens is 355 g/mol. The van der Waals surface area contributed by atoms with Gasteiger partial charge in [-0.3, -0.25) is 9.89 Å². The number of aromatic amines is 1. The third-order valence-electron chi connectivity index (χ3n) is 4.45. The lowest BCUT2D eigenvalue weighted by Gasteiger charge is -2.02. The average Bonchev–Trinajstić information content (AvgIpc) is 3.22. The van der Waals surface area contributed by atoms with Crippen LogP contribution in [0.5, 0.6) is 0 Å². The van der Waals surface area contributed by atoms with Crippen molar-refractivity contribution < 1.29 is 9.18 Å². The van der Waals surface area contributed by atoms with Crippen LogP contribution < -0.4 is 5.43 Å². The average molecular weight is 372 g/mol. The third-order valence-corrected chi connectivity index (χ3v) is 4.45. The molecule has 4 aromatic rings. The lowest BCUT2D eigenvalue weighted by atomic mass is 10.1. The number of rotatable bonds is 4. The van der Waals surface area contributed by atoms with Crippen molar-refractivity contribution in [3.05, 3.63) is 89.9 Å². The molecule has 1 amide bonds. The second-order valence-corrected chi connectivity index (χ2v) is 6.37. The van der Waals surface area contributed by atoms with Crippen molar-refractivity contribution in [1.82, 2.24) is 15.6 Å². The molecule has 3 aromatic carbocycles. The molecule has 1 heterocycles. The Bertz CT molecular complexity index is 1180. The number of amides is 1. The number of hydrogen-bond donors (Lipinski definition) is 2. The summed E-state index contributed by atoms with van der Waals surface area (Å²) in [6.45, 7) is 1.74. The molecule has 0 fully saturated rings. The predicted octanol–water partition coefficient (Wildman–Crippen LogP) is 4.52. The number of benzene rings is 3. The fraction of sp³-hybridized carbons (Fsp3) is 0.0455. The van der Waals surface area contributed by atoms with Crippen LogP contribution in [0.3, 0.4) is 0 Å². The lowest BCUT2D eigenvalue weighted by molar-refractivity contribution is 0.0950. The highest BCUT2D eigenvalue weighted by atomic mass is 19.1. The zero-order chi connectivity index (χ0) is 19.5. The van der Waals surface area contributed by atoms with E-state index in [-0.39, 0.29) is 5.82 Å². The van der Waals surface area contributed by atoms with Gasteiger partial charge in [-0.25, -0.2) is 9.82 Å². The van der Waals surface area contributed by atoms with Gasteiger partial charge in [0.1, 0.15) is 11.5 Å². The van der Waals surface area contributed by atoms with E-state index in [4.69, 9.17) is 0 Å². The van der Waals surface area contributed by atoms with Gasteiger partial charge in [-0.1, -0.05) is 48.5 Å². The highest BCUT2D eigenvalue weighted by Gasteiger charge is 2.11. The van der Waals surface area contributed by atoms with E-state index < -0.39 is 5.91 Å². The fourth-order valence-corrected chi connectivity index (χ4v) is 2.89. The van der Waals surface area contributed by atoms with Crippen LogP contribution in [0.25, 0.3) is 22.0 Å². The standard InChI is InChI=1S/C22H17FN4O/c1-14(15-8-10-19(23)11-9-15)24-27-22(28)21-13-20(25-26-21)18-7-6-16-4-2-3-5-17(16)12-18/h2-13H,1H3,(H,25,26)(H,27,28)/b24-14-. The van der Waals surface area contributed by atoms with Gasteiger partial charge >= 0.3 is 0 Å². The fourth-order valence-electron chi connectivity index (χ4n) is 2.89. The van der Waals surface area contributed by atoms with Gasteiger partial charge in [-0.15, -0.1) is 0 Å². The van der Waals surface area contributed by atoms with Gasteiger partial charge < -0.3 is 0 Å². The van der Waals surface area contributed by atoms with Crippen LogP contribution in [0.2, 0.25) is 0 Å². The molecule has 0 unspecified atom stereocenters. The number of hydrogen-bond acceptors (Lipinski definition) is 3. The second kappa shape index (κ2) is 7.44. The van der Waals surface area contributed by atoms with E-state index in [2.05, 4.69) is 20.7 Å². The van der Waals surface area contributed by atoms with Crippen LogP contribution in [0.4, 0.5) is 4.39 Å². The largest absolute Gasteiger partial charge is 0.289 e. The molecule has 0 aliphatic rings. The molecule has 138 valence electrons. The maximum atomic E-state index is 13.0. The number of nitrogens with one attached hydrogen (secondary N) is 2. The number of fused-ring (bicyclic) bond motifs is 1. The van der Waals surface area contributed by atoms with E-state index in [0.29, 0.717) is 17.1 Å². The molecule has 0 spiro atoms. The van der Waals surface area contributed by atoms with Crippen molar-refractivity contribution >= 4 is 22.4 Å². The first-order chi connectivity index (χ1) is 13.6. The quantitative estimate of drug-likeness (QED) is 0.408. The summed E-state index contributed by atoms with van der Waals surface area (Å²) in [4.78, 5) is 12.3. The van der Waals surface area contributed by atoms with Crippen LogP contribution >= 0.6 is 0 Å². The van der Waals surface area contributed by atoms with Crippen LogP contribution in [0.15, 0.2) is 77.9 Å². The van der Waals surface area contributed by atoms with E-state index in [0.717, 1.165) is 21.9 Å². The Labute approximate surface area is 160 Å². The summed E-state index contributed by atoms with van der Waals surface area (Å²) in [6.07, 6.45) is 0. The summed E-state index contributed by atoms with van der Waals surface area (Å²) in [7, 11) is 0. The zero-order valence-electron chi connectivity index (χ0n) is 15.1. The third kappa shape index (κ3) is 3.66. The van der Waals surface area contributed by atoms with Crippen molar-refractivity contribution in [2.45, 2.75) is 6.92 Å². The van der Waals surface area contributed by atoms with Crippen molar-refractivity contribution in [2.24, 2.45) is 5.10 Å². The minimum Gasteiger partial charge on any atom is -0.272 e. The smallest absolute Gasteiger partial charge is 0.272 e. The minimum atomic E-state index is -0.402. The van der Waals surface area contributed by atoms with Gasteiger partial charge in [-0.05, 0) is 47.5 Å². The van der Waals surface area contributed by atoms with Gasteiger partial charge in [0.05, 0.1) is 11.4 Å². The first kappa shape index (κ1) is 17.6. The lowest BCUT2D eigenvalue weighted by Crippen LogP contribution is -2.19. The number of aromatic nitrogens is 2. The van der Waals surface area contributed by atoms with E-state index >= 15 is 0 Å². The molecule has 0 atom stereocenters. The van der Waals surface area contributed by atoms with Gasteiger partial charge in [0.15, 0.2) is 0 Å². The Morgan fingerprint density at radius 2 is 1.75 bits per heavy atom. The normalized spacial score (nSPS) is 11.6. The number of H-pyrrole nitrogens is 1. The molecule has 0 bridgehead atoms. The molecule has 28 heavy (non-hydrogen) atoms. The van der Waals surface area contributed by atoms with Crippen molar-refractivity contribution in [3.8, 4) is 11.3 Å². The predicted molar refractivity (Wildman–Crippen MR) is 108 cm³/mol. The Morgan fingerprint density at radius 3 is 2.54 bits per heavy atom. The second-order valence-electron chi connectivity index (χ2n) is 6.37. The van der Waals surface area contributed by atoms with Gasteiger partial charge in [0.2, 0.25) is 0 Å². The molecule has 5 nitrogen and oxygen atoms in total. The topological polar surface area (TPSA) is 70.1 Å². The highest BCUT2D eigenvalue weighted by Crippen LogP contribution is 2.23. The summed E-state index contributed by atoms with van der Waals surface area (Å²) in [5.41, 5.74) is 5.68. The SMILES string of the molecule is C/C(=N/NC(=O)c1cc(-c2ccc3ccccc3c2)n[nH]1)c1ccc(F)cc1. The summed E-state index contributed by atoms with van der Waals surface area (Å²) < 4.78 is 13.0. The molecule has 4 rings (SSSR count). The van der Waals surface area contributed by atoms with E-state index in [1.165, 1.54) is 12.1 Å². The summed E-state index contributed by atoms with van der Waals surface area (Å²) in [5, 5.41) is 13.3. The Morgan fingerprint density at radius 1 is 1.00 bits per heavy atom. The molecule has 1 aromatic heterocycles. The summed E-state index contributed by atoms with van der Waals surface area (Å²) in [5.74, 6) is -0.722. The van der Waals surface area contributed by atoms with Crippen molar-refractivity contribution in [1.29, 1.82) is 0 Å². The molecule has 0 aliphatic carbocycles. The van der Waals surface area contributed by atoms with E-state index in [9.17, 15) is 9.18 Å². The molecule has 2 N–H and O–H groups in total. The van der Waals surface area contributed by atoms with E-state index in [1.807, 2.05) is 42.5 Å². The van der Waals surface area contributed by atoms with Gasteiger partial charge in [0.25, 0.3) is 5.91 Å². The van der Waals surface area contributed by atoms with Crippen LogP contribution in [0, 0.1) is 5.82 Å². The number of carbonyl (C=O) groups excluding carboxylic acids is 1. The van der Waals surface area contributed by atoms with E-state index in [1.54, 1.807) is 25.1 Å². The molecule has 0 saturated carbocycles. The Balaban J connectivity index is 1.50. The van der Waals surface area contributed by atoms with Crippen LogP contribution in [-0.4, -0.2) is 21.8 Å². The molecule has 6 heteroatoms. The van der Waals surface area contributed by atoms with Crippen molar-refractivity contribution in [2.75, 3.05) is 0 Å². The molecule has 0 aliphatic heterocycles. The zero-order valence-corrected chi connectivity index (χ0v) is 15.1. The molecule has 0 saturated heterocycles. The van der Waals surface area contributed by atoms with Crippen molar-refractivity contribution in [3.63, 3.8) is 0 Å². The summed E-state index contributed by atoms with van der Waals surface area (Å²) >= 11 is 0. The first-order valence-electron chi connectivity index (χ1n) is 8.75. The monoisotopic (exact) mass is 372 g/mol. The number of halogens is 1. The van der Waals surface area contributed by atoms with Gasteiger partial charge in [0, 0.05) is 5.56 Å². The van der Waals surface area contributed by atoms with Crippen LogP contribution in [-0.2, 0) is 0 Å². The van der Waals surface area contributed by atoms with Crippen LogP contribution in [0.1, 0.15) is 23.0 Å². The number of nitrogens with zero attached hydrogens (tertiary/aromatic N) is 2. The summed E-state index contributed by atoms with van der Waals surface area (Å²) in [6, 6.07) is 21.7. The Hall–Kier alpha value is -3.80. The Kier molecular flexibility index (Phi) is 4.68. The maximum absolute atomic E-state index is 13.0. The number of hydrazone groups is 1. The maximum Gasteiger partial charge on any atom is 0.289 e. The molecular formula is C22H17FN4O. The first-order valence-corrected chi connectivity index (χ1v) is 8.75. The number of carbonyl (C=O) groups is 1.